The Hall–Kier alpha value is -0.970. The van der Waals surface area contributed by atoms with Crippen molar-refractivity contribution in [2.24, 2.45) is 0 Å². The fraction of sp³-hybridized carbons (Fsp3) is 0.375. The zero-order valence-electron chi connectivity index (χ0n) is 11.9. The van der Waals surface area contributed by atoms with Crippen LogP contribution < -0.4 is 5.32 Å². The third-order valence-corrected chi connectivity index (χ3v) is 4.61. The minimum Gasteiger partial charge on any atom is -0.310 e. The molecule has 0 radical (unpaired) electrons. The molecule has 1 N–H and O–H groups in total. The van der Waals surface area contributed by atoms with E-state index >= 15 is 0 Å². The Morgan fingerprint density at radius 1 is 1.43 bits per heavy atom. The lowest BCUT2D eigenvalue weighted by molar-refractivity contribution is 0.464. The van der Waals surface area contributed by atoms with Crippen molar-refractivity contribution in [2.45, 2.75) is 32.2 Å². The van der Waals surface area contributed by atoms with Crippen molar-refractivity contribution in [3.05, 3.63) is 45.1 Å². The van der Waals surface area contributed by atoms with Crippen LogP contribution in [0.15, 0.2) is 28.9 Å². The molecule has 0 bridgehead atoms. The molecule has 0 saturated carbocycles. The molecule has 1 aromatic heterocycles. The van der Waals surface area contributed by atoms with E-state index in [1.54, 1.807) is 0 Å². The first-order chi connectivity index (χ1) is 10.2. The van der Waals surface area contributed by atoms with Crippen molar-refractivity contribution in [3.8, 4) is 11.4 Å². The SMILES string of the molecule is CCNC1CCCc2nc(-c3ccc(Br)cc3Cl)ncc21. The van der Waals surface area contributed by atoms with Gasteiger partial charge in [0.1, 0.15) is 0 Å². The molecule has 5 heteroatoms. The minimum atomic E-state index is 0.383. The van der Waals surface area contributed by atoms with Gasteiger partial charge in [-0.3, -0.25) is 0 Å². The Morgan fingerprint density at radius 2 is 2.29 bits per heavy atom. The zero-order valence-corrected chi connectivity index (χ0v) is 14.2. The summed E-state index contributed by atoms with van der Waals surface area (Å²) in [6, 6.07) is 6.18. The molecule has 1 aromatic carbocycles. The molecule has 1 aliphatic rings. The van der Waals surface area contributed by atoms with E-state index in [-0.39, 0.29) is 0 Å². The second-order valence-electron chi connectivity index (χ2n) is 5.22. The summed E-state index contributed by atoms with van der Waals surface area (Å²) in [5, 5.41) is 4.18. The van der Waals surface area contributed by atoms with Gasteiger partial charge in [0.05, 0.1) is 5.02 Å². The smallest absolute Gasteiger partial charge is 0.160 e. The highest BCUT2D eigenvalue weighted by atomic mass is 79.9. The van der Waals surface area contributed by atoms with Crippen LogP contribution in [0.4, 0.5) is 0 Å². The normalized spacial score (nSPS) is 17.6. The zero-order chi connectivity index (χ0) is 14.8. The van der Waals surface area contributed by atoms with Crippen LogP contribution in [-0.4, -0.2) is 16.5 Å². The molecule has 0 saturated heterocycles. The van der Waals surface area contributed by atoms with E-state index < -0.39 is 0 Å². The molecule has 0 amide bonds. The Balaban J connectivity index is 1.99. The standard InChI is InChI=1S/C16H17BrClN3/c1-2-19-14-4-3-5-15-12(14)9-20-16(21-15)11-7-6-10(17)8-13(11)18/h6-9,14,19H,2-5H2,1H3. The summed E-state index contributed by atoms with van der Waals surface area (Å²) in [7, 11) is 0. The Bertz CT molecular complexity index is 660. The maximum absolute atomic E-state index is 6.30. The van der Waals surface area contributed by atoms with Crippen LogP contribution in [0.25, 0.3) is 11.4 Å². The number of fused-ring (bicyclic) bond motifs is 1. The fourth-order valence-corrected chi connectivity index (χ4v) is 3.56. The van der Waals surface area contributed by atoms with Gasteiger partial charge >= 0.3 is 0 Å². The number of nitrogens with one attached hydrogen (secondary N) is 1. The number of aromatic nitrogens is 2. The molecule has 1 unspecified atom stereocenters. The molecule has 0 fully saturated rings. The van der Waals surface area contributed by atoms with Crippen molar-refractivity contribution >= 4 is 27.5 Å². The highest BCUT2D eigenvalue weighted by Gasteiger charge is 2.22. The van der Waals surface area contributed by atoms with Crippen LogP contribution in [0, 0.1) is 0 Å². The molecule has 3 rings (SSSR count). The second kappa shape index (κ2) is 6.42. The van der Waals surface area contributed by atoms with Gasteiger partial charge in [-0.2, -0.15) is 0 Å². The number of halogens is 2. The summed E-state index contributed by atoms with van der Waals surface area (Å²) in [6.45, 7) is 3.09. The maximum Gasteiger partial charge on any atom is 0.160 e. The van der Waals surface area contributed by atoms with Gasteiger partial charge in [0.2, 0.25) is 0 Å². The second-order valence-corrected chi connectivity index (χ2v) is 6.55. The van der Waals surface area contributed by atoms with E-state index in [0.717, 1.165) is 41.5 Å². The van der Waals surface area contributed by atoms with Crippen molar-refractivity contribution in [2.75, 3.05) is 6.54 Å². The average Bonchev–Trinajstić information content (AvgIpc) is 2.47. The summed E-state index contributed by atoms with van der Waals surface area (Å²) < 4.78 is 0.960. The number of benzene rings is 1. The molecule has 3 nitrogen and oxygen atoms in total. The van der Waals surface area contributed by atoms with Gasteiger partial charge in [-0.1, -0.05) is 34.5 Å². The lowest BCUT2D eigenvalue weighted by Gasteiger charge is -2.25. The van der Waals surface area contributed by atoms with Crippen LogP contribution in [-0.2, 0) is 6.42 Å². The molecule has 0 spiro atoms. The van der Waals surface area contributed by atoms with Crippen molar-refractivity contribution in [1.82, 2.24) is 15.3 Å². The molecule has 2 aromatic rings. The average molecular weight is 367 g/mol. The van der Waals surface area contributed by atoms with Crippen LogP contribution in [0.3, 0.4) is 0 Å². The van der Waals surface area contributed by atoms with E-state index in [4.69, 9.17) is 16.6 Å². The number of rotatable bonds is 3. The first kappa shape index (κ1) is 14.9. The molecule has 21 heavy (non-hydrogen) atoms. The quantitative estimate of drug-likeness (QED) is 0.866. The maximum atomic E-state index is 6.30. The van der Waals surface area contributed by atoms with E-state index in [9.17, 15) is 0 Å². The van der Waals surface area contributed by atoms with Gasteiger partial charge in [-0.15, -0.1) is 0 Å². The van der Waals surface area contributed by atoms with E-state index in [0.29, 0.717) is 16.9 Å². The highest BCUT2D eigenvalue weighted by Crippen LogP contribution is 2.32. The van der Waals surface area contributed by atoms with Gasteiger partial charge in [0.15, 0.2) is 5.82 Å². The largest absolute Gasteiger partial charge is 0.310 e. The lowest BCUT2D eigenvalue weighted by atomic mass is 9.92. The van der Waals surface area contributed by atoms with Crippen LogP contribution in [0.2, 0.25) is 5.02 Å². The van der Waals surface area contributed by atoms with Crippen LogP contribution in [0.5, 0.6) is 0 Å². The predicted molar refractivity (Wildman–Crippen MR) is 89.5 cm³/mol. The first-order valence-electron chi connectivity index (χ1n) is 7.23. The Morgan fingerprint density at radius 3 is 3.05 bits per heavy atom. The summed E-state index contributed by atoms with van der Waals surface area (Å²) in [5.74, 6) is 0.711. The Labute approximate surface area is 138 Å². The molecule has 1 atom stereocenters. The molecular formula is C16H17BrClN3. The van der Waals surface area contributed by atoms with E-state index in [1.165, 1.54) is 5.56 Å². The monoisotopic (exact) mass is 365 g/mol. The number of aryl methyl sites for hydroxylation is 1. The highest BCUT2D eigenvalue weighted by molar-refractivity contribution is 9.10. The van der Waals surface area contributed by atoms with Crippen molar-refractivity contribution < 1.29 is 0 Å². The van der Waals surface area contributed by atoms with Gasteiger partial charge < -0.3 is 5.32 Å². The summed E-state index contributed by atoms with van der Waals surface area (Å²) in [6.07, 6.45) is 5.29. The number of hydrogen-bond donors (Lipinski definition) is 1. The number of nitrogens with zero attached hydrogens (tertiary/aromatic N) is 2. The third-order valence-electron chi connectivity index (χ3n) is 3.80. The van der Waals surface area contributed by atoms with Crippen LogP contribution >= 0.6 is 27.5 Å². The summed E-state index contributed by atoms with van der Waals surface area (Å²) in [5.41, 5.74) is 3.27. The third kappa shape index (κ3) is 3.12. The molecule has 0 aliphatic heterocycles. The molecule has 1 aliphatic carbocycles. The Kier molecular flexibility index (Phi) is 4.57. The van der Waals surface area contributed by atoms with Crippen molar-refractivity contribution in [3.63, 3.8) is 0 Å². The molecule has 110 valence electrons. The number of hydrogen-bond acceptors (Lipinski definition) is 3. The molecule has 1 heterocycles. The van der Waals surface area contributed by atoms with Gasteiger partial charge in [0, 0.05) is 33.5 Å². The lowest BCUT2D eigenvalue weighted by Crippen LogP contribution is -2.25. The first-order valence-corrected chi connectivity index (χ1v) is 8.40. The summed E-state index contributed by atoms with van der Waals surface area (Å²) in [4.78, 5) is 9.29. The van der Waals surface area contributed by atoms with Gasteiger partial charge in [-0.25, -0.2) is 9.97 Å². The fourth-order valence-electron chi connectivity index (χ4n) is 2.81. The van der Waals surface area contributed by atoms with E-state index in [2.05, 4.69) is 33.2 Å². The summed E-state index contributed by atoms with van der Waals surface area (Å²) >= 11 is 9.72. The minimum absolute atomic E-state index is 0.383. The van der Waals surface area contributed by atoms with E-state index in [1.807, 2.05) is 24.4 Å². The van der Waals surface area contributed by atoms with Crippen LogP contribution in [0.1, 0.15) is 37.1 Å². The predicted octanol–water partition coefficient (Wildman–Crippen LogP) is 4.55. The van der Waals surface area contributed by atoms with Gasteiger partial charge in [0.25, 0.3) is 0 Å². The molecular weight excluding hydrogens is 350 g/mol. The topological polar surface area (TPSA) is 37.8 Å². The van der Waals surface area contributed by atoms with Gasteiger partial charge in [-0.05, 0) is 44.0 Å². The van der Waals surface area contributed by atoms with Crippen molar-refractivity contribution in [1.29, 1.82) is 0 Å².